The fourth-order valence-corrected chi connectivity index (χ4v) is 1.51. The average molecular weight is 240 g/mol. The molecule has 1 aromatic heterocycles. The third-order valence-electron chi connectivity index (χ3n) is 2.23. The van der Waals surface area contributed by atoms with Crippen molar-refractivity contribution in [2.24, 2.45) is 16.6 Å². The summed E-state index contributed by atoms with van der Waals surface area (Å²) in [7, 11) is 0. The van der Waals surface area contributed by atoms with Crippen LogP contribution in [0.25, 0.3) is 0 Å². The van der Waals surface area contributed by atoms with E-state index in [1.165, 1.54) is 11.8 Å². The molecule has 0 aliphatic carbocycles. The Morgan fingerprint density at radius 2 is 2.31 bits per heavy atom. The Morgan fingerprint density at radius 1 is 1.62 bits per heavy atom. The third-order valence-corrected chi connectivity index (χ3v) is 2.74. The topological polar surface area (TPSA) is 56.2 Å². The Kier molecular flexibility index (Phi) is 4.86. The first-order chi connectivity index (χ1) is 7.52. The molecule has 0 saturated heterocycles. The number of nitrogens with two attached hydrogens (primary N) is 1. The number of rotatable bonds is 4. The first kappa shape index (κ1) is 13.1. The Hall–Kier alpha value is -0.970. The molecule has 1 heterocycles. The second-order valence-corrected chi connectivity index (χ2v) is 5.03. The maximum Gasteiger partial charge on any atom is 0.160 e. The summed E-state index contributed by atoms with van der Waals surface area (Å²) in [5, 5.41) is 4.99. The number of hydrogen-bond acceptors (Lipinski definition) is 3. The number of aromatic nitrogens is 2. The van der Waals surface area contributed by atoms with Crippen molar-refractivity contribution in [3.63, 3.8) is 0 Å². The minimum atomic E-state index is 0.575. The fraction of sp³-hybridized carbons (Fsp3) is 0.636. The van der Waals surface area contributed by atoms with Crippen molar-refractivity contribution in [3.8, 4) is 0 Å². The molecule has 0 unspecified atom stereocenters. The van der Waals surface area contributed by atoms with Crippen LogP contribution in [0.15, 0.2) is 11.1 Å². The molecule has 90 valence electrons. The van der Waals surface area contributed by atoms with Crippen molar-refractivity contribution < 1.29 is 0 Å². The maximum absolute atomic E-state index is 5.71. The molecule has 16 heavy (non-hydrogen) atoms. The summed E-state index contributed by atoms with van der Waals surface area (Å²) in [6.45, 7) is 7.28. The van der Waals surface area contributed by atoms with Crippen LogP contribution < -0.4 is 5.73 Å². The highest BCUT2D eigenvalue weighted by atomic mass is 32.2. The lowest BCUT2D eigenvalue weighted by molar-refractivity contribution is 0.488. The highest BCUT2D eigenvalue weighted by Gasteiger charge is 2.05. The molecule has 0 amide bonds. The van der Waals surface area contributed by atoms with Crippen LogP contribution in [-0.4, -0.2) is 21.2 Å². The number of thioether (sulfide) groups is 1. The van der Waals surface area contributed by atoms with Crippen molar-refractivity contribution in [1.29, 1.82) is 0 Å². The molecule has 0 fully saturated rings. The molecule has 4 nitrogen and oxygen atoms in total. The third kappa shape index (κ3) is 3.89. The second-order valence-electron chi connectivity index (χ2n) is 4.20. The Morgan fingerprint density at radius 3 is 2.88 bits per heavy atom. The molecule has 0 aromatic carbocycles. The first-order valence-corrected chi connectivity index (χ1v) is 6.68. The Labute approximate surface area is 101 Å². The van der Waals surface area contributed by atoms with Crippen LogP contribution in [0.5, 0.6) is 0 Å². The van der Waals surface area contributed by atoms with Gasteiger partial charge in [-0.3, -0.25) is 0 Å². The lowest BCUT2D eigenvalue weighted by Gasteiger charge is -2.06. The summed E-state index contributed by atoms with van der Waals surface area (Å²) in [6, 6.07) is 1.96. The molecule has 0 radical (unpaired) electrons. The monoisotopic (exact) mass is 240 g/mol. The van der Waals surface area contributed by atoms with Gasteiger partial charge in [-0.2, -0.15) is 5.10 Å². The zero-order chi connectivity index (χ0) is 12.1. The summed E-state index contributed by atoms with van der Waals surface area (Å²) in [4.78, 5) is 4.33. The minimum absolute atomic E-state index is 0.575. The molecule has 0 aliphatic heterocycles. The van der Waals surface area contributed by atoms with Gasteiger partial charge in [0.25, 0.3) is 0 Å². The zero-order valence-corrected chi connectivity index (χ0v) is 11.2. The minimum Gasteiger partial charge on any atom is -0.378 e. The van der Waals surface area contributed by atoms with Gasteiger partial charge in [-0.05, 0) is 25.5 Å². The Balaban J connectivity index is 2.83. The molecule has 0 bridgehead atoms. The number of amidine groups is 1. The van der Waals surface area contributed by atoms with Crippen LogP contribution in [-0.2, 0) is 6.54 Å². The van der Waals surface area contributed by atoms with Gasteiger partial charge in [0.1, 0.15) is 0 Å². The van der Waals surface area contributed by atoms with E-state index >= 15 is 0 Å². The highest BCUT2D eigenvalue weighted by Crippen LogP contribution is 2.17. The second kappa shape index (κ2) is 5.94. The van der Waals surface area contributed by atoms with Crippen molar-refractivity contribution in [3.05, 3.63) is 11.8 Å². The van der Waals surface area contributed by atoms with Gasteiger partial charge in [0.2, 0.25) is 0 Å². The molecule has 0 saturated carbocycles. The van der Waals surface area contributed by atoms with E-state index < -0.39 is 0 Å². The highest BCUT2D eigenvalue weighted by molar-refractivity contribution is 8.13. The van der Waals surface area contributed by atoms with Gasteiger partial charge >= 0.3 is 0 Å². The predicted molar refractivity (Wildman–Crippen MR) is 71.2 cm³/mol. The van der Waals surface area contributed by atoms with E-state index in [1.807, 2.05) is 23.9 Å². The number of nitrogens with zero attached hydrogens (tertiary/aromatic N) is 3. The van der Waals surface area contributed by atoms with Gasteiger partial charge in [-0.15, -0.1) is 0 Å². The van der Waals surface area contributed by atoms with Crippen LogP contribution in [0.1, 0.15) is 26.0 Å². The van der Waals surface area contributed by atoms with Gasteiger partial charge in [0.05, 0.1) is 5.69 Å². The van der Waals surface area contributed by atoms with Gasteiger partial charge < -0.3 is 5.73 Å². The summed E-state index contributed by atoms with van der Waals surface area (Å²) >= 11 is 1.45. The summed E-state index contributed by atoms with van der Waals surface area (Å²) in [5.74, 6) is 1.52. The number of hydrogen-bond donors (Lipinski definition) is 1. The van der Waals surface area contributed by atoms with Crippen LogP contribution in [0.3, 0.4) is 0 Å². The van der Waals surface area contributed by atoms with Gasteiger partial charge in [0, 0.05) is 12.6 Å². The number of aliphatic imine (C=N–C) groups is 1. The van der Waals surface area contributed by atoms with Crippen LogP contribution in [0.2, 0.25) is 0 Å². The normalized spacial score (nSPS) is 12.4. The van der Waals surface area contributed by atoms with Crippen molar-refractivity contribution in [2.75, 3.05) is 6.26 Å². The smallest absolute Gasteiger partial charge is 0.160 e. The molecule has 0 atom stereocenters. The summed E-state index contributed by atoms with van der Waals surface area (Å²) < 4.78 is 1.93. The van der Waals surface area contributed by atoms with Crippen molar-refractivity contribution in [2.45, 2.75) is 33.7 Å². The molecule has 0 spiro atoms. The fourth-order valence-electron chi connectivity index (χ4n) is 1.33. The van der Waals surface area contributed by atoms with E-state index in [4.69, 9.17) is 5.73 Å². The van der Waals surface area contributed by atoms with Crippen LogP contribution in [0.4, 0.5) is 5.82 Å². The largest absolute Gasteiger partial charge is 0.378 e. The van der Waals surface area contributed by atoms with E-state index in [0.717, 1.165) is 24.5 Å². The van der Waals surface area contributed by atoms with E-state index in [1.54, 1.807) is 0 Å². The van der Waals surface area contributed by atoms with E-state index in [0.29, 0.717) is 11.1 Å². The molecule has 5 heteroatoms. The van der Waals surface area contributed by atoms with Crippen LogP contribution in [0, 0.1) is 12.8 Å². The molecule has 1 rings (SSSR count). The summed E-state index contributed by atoms with van der Waals surface area (Å²) in [6.07, 6.45) is 3.02. The SMILES string of the molecule is CSC(N)=Nc1cc(C)nn1CCC(C)C. The van der Waals surface area contributed by atoms with E-state index in [9.17, 15) is 0 Å². The quantitative estimate of drug-likeness (QED) is 0.650. The predicted octanol–water partition coefficient (Wildman–Crippen LogP) is 2.55. The lowest BCUT2D eigenvalue weighted by Crippen LogP contribution is -2.07. The average Bonchev–Trinajstić information content (AvgIpc) is 2.55. The molecule has 2 N–H and O–H groups in total. The maximum atomic E-state index is 5.71. The van der Waals surface area contributed by atoms with Crippen molar-refractivity contribution >= 4 is 22.7 Å². The molecule has 0 aliphatic rings. The first-order valence-electron chi connectivity index (χ1n) is 5.45. The lowest BCUT2D eigenvalue weighted by atomic mass is 10.1. The van der Waals surface area contributed by atoms with Crippen LogP contribution >= 0.6 is 11.8 Å². The van der Waals surface area contributed by atoms with E-state index in [2.05, 4.69) is 23.9 Å². The zero-order valence-electron chi connectivity index (χ0n) is 10.4. The molecular weight excluding hydrogens is 220 g/mol. The standard InChI is InChI=1S/C11H20N4S/c1-8(2)5-6-15-10(7-9(3)14-15)13-11(12)16-4/h7-8H,5-6H2,1-4H3,(H2,12,13). The van der Waals surface area contributed by atoms with E-state index in [-0.39, 0.29) is 0 Å². The number of aryl methyl sites for hydroxylation is 2. The Bertz CT molecular complexity index is 368. The van der Waals surface area contributed by atoms with Crippen molar-refractivity contribution in [1.82, 2.24) is 9.78 Å². The molecular formula is C11H20N4S. The molecule has 1 aromatic rings. The summed E-state index contributed by atoms with van der Waals surface area (Å²) in [5.41, 5.74) is 6.69. The van der Waals surface area contributed by atoms with Gasteiger partial charge in [0.15, 0.2) is 11.0 Å². The van der Waals surface area contributed by atoms with Gasteiger partial charge in [-0.25, -0.2) is 9.67 Å². The van der Waals surface area contributed by atoms with Gasteiger partial charge in [-0.1, -0.05) is 25.6 Å².